The summed E-state index contributed by atoms with van der Waals surface area (Å²) in [4.78, 5) is 11.2. The van der Waals surface area contributed by atoms with E-state index < -0.39 is 0 Å². The molecule has 3 aromatic rings. The Morgan fingerprint density at radius 2 is 1.93 bits per heavy atom. The van der Waals surface area contributed by atoms with Gasteiger partial charge in [0.2, 0.25) is 5.95 Å². The largest absolute Gasteiger partial charge is 0.370 e. The molecule has 0 radical (unpaired) electrons. The molecule has 0 spiro atoms. The van der Waals surface area contributed by atoms with Gasteiger partial charge in [-0.25, -0.2) is 9.37 Å². The van der Waals surface area contributed by atoms with E-state index in [4.69, 9.17) is 0 Å². The van der Waals surface area contributed by atoms with Crippen molar-refractivity contribution in [2.24, 2.45) is 0 Å². The van der Waals surface area contributed by atoms with Crippen molar-refractivity contribution in [3.63, 3.8) is 0 Å². The topological polar surface area (TPSA) is 65.1 Å². The number of nitrogens with zero attached hydrogens (tertiary/aromatic N) is 3. The lowest BCUT2D eigenvalue weighted by Gasteiger charge is -2.14. The molecule has 2 heterocycles. The maximum Gasteiger partial charge on any atom is 0.229 e. The molecule has 3 N–H and O–H groups in total. The summed E-state index contributed by atoms with van der Waals surface area (Å²) in [6.07, 6.45) is 2.79. The van der Waals surface area contributed by atoms with Gasteiger partial charge in [0.05, 0.1) is 0 Å². The third kappa shape index (κ3) is 5.49. The molecule has 1 fully saturated rings. The standard InChI is InChI=1S/C22H25FN6/c23-19-6-1-4-17(14-19)18-5-2-7-20(15-18)27-22-26-10-8-21(28-22)25-9-3-12-29-13-11-24-16-29/h1-2,4-8,10,14-15,24H,3,9,11-13,16H2,(H2,25,26,27,28). The molecule has 1 aliphatic rings. The minimum atomic E-state index is -0.246. The van der Waals surface area contributed by atoms with E-state index in [1.165, 1.54) is 12.1 Å². The first-order valence-electron chi connectivity index (χ1n) is 9.89. The van der Waals surface area contributed by atoms with Crippen LogP contribution in [0.2, 0.25) is 0 Å². The molecule has 0 bridgehead atoms. The molecule has 0 aliphatic carbocycles. The van der Waals surface area contributed by atoms with Crippen LogP contribution >= 0.6 is 0 Å². The predicted molar refractivity (Wildman–Crippen MR) is 115 cm³/mol. The molecule has 7 heteroatoms. The lowest BCUT2D eigenvalue weighted by molar-refractivity contribution is 0.333. The Labute approximate surface area is 170 Å². The predicted octanol–water partition coefficient (Wildman–Crippen LogP) is 3.69. The molecule has 1 aliphatic heterocycles. The summed E-state index contributed by atoms with van der Waals surface area (Å²) in [7, 11) is 0. The summed E-state index contributed by atoms with van der Waals surface area (Å²) in [6, 6.07) is 16.2. The average molecular weight is 392 g/mol. The number of benzene rings is 2. The molecule has 0 unspecified atom stereocenters. The summed E-state index contributed by atoms with van der Waals surface area (Å²) < 4.78 is 13.5. The SMILES string of the molecule is Fc1cccc(-c2cccc(Nc3nccc(NCCCN4CCNC4)n3)c2)c1. The van der Waals surface area contributed by atoms with Crippen molar-refractivity contribution in [2.75, 3.05) is 43.5 Å². The molecule has 0 amide bonds. The lowest BCUT2D eigenvalue weighted by atomic mass is 10.1. The van der Waals surface area contributed by atoms with Gasteiger partial charge in [0.1, 0.15) is 11.6 Å². The Bertz CT molecular complexity index is 942. The maximum absolute atomic E-state index is 13.5. The Morgan fingerprint density at radius 1 is 1.07 bits per heavy atom. The van der Waals surface area contributed by atoms with E-state index >= 15 is 0 Å². The minimum Gasteiger partial charge on any atom is -0.370 e. The molecular formula is C22H25FN6. The number of hydrogen-bond acceptors (Lipinski definition) is 6. The first-order valence-corrected chi connectivity index (χ1v) is 9.89. The molecule has 29 heavy (non-hydrogen) atoms. The zero-order chi connectivity index (χ0) is 19.9. The van der Waals surface area contributed by atoms with Gasteiger partial charge in [-0.2, -0.15) is 4.98 Å². The summed E-state index contributed by atoms with van der Waals surface area (Å²) in [6.45, 7) is 5.12. The number of anilines is 3. The van der Waals surface area contributed by atoms with Crippen molar-refractivity contribution in [1.29, 1.82) is 0 Å². The van der Waals surface area contributed by atoms with Crippen LogP contribution in [0.3, 0.4) is 0 Å². The maximum atomic E-state index is 13.5. The second-order valence-corrected chi connectivity index (χ2v) is 7.04. The van der Waals surface area contributed by atoms with Crippen LogP contribution in [-0.4, -0.2) is 47.7 Å². The molecule has 4 rings (SSSR count). The van der Waals surface area contributed by atoms with Gasteiger partial charge < -0.3 is 16.0 Å². The lowest BCUT2D eigenvalue weighted by Crippen LogP contribution is -2.24. The van der Waals surface area contributed by atoms with Crippen LogP contribution in [-0.2, 0) is 0 Å². The van der Waals surface area contributed by atoms with Gasteiger partial charge in [-0.05, 0) is 47.9 Å². The zero-order valence-corrected chi connectivity index (χ0v) is 16.2. The Hall–Kier alpha value is -3.03. The smallest absolute Gasteiger partial charge is 0.229 e. The highest BCUT2D eigenvalue weighted by Gasteiger charge is 2.09. The highest BCUT2D eigenvalue weighted by Crippen LogP contribution is 2.24. The van der Waals surface area contributed by atoms with Gasteiger partial charge in [-0.1, -0.05) is 24.3 Å². The summed E-state index contributed by atoms with van der Waals surface area (Å²) in [5.74, 6) is 1.07. The quantitative estimate of drug-likeness (QED) is 0.508. The average Bonchev–Trinajstić information content (AvgIpc) is 3.25. The van der Waals surface area contributed by atoms with Crippen molar-refractivity contribution in [1.82, 2.24) is 20.2 Å². The summed E-state index contributed by atoms with van der Waals surface area (Å²) in [5, 5.41) is 9.93. The molecule has 0 saturated carbocycles. The summed E-state index contributed by atoms with van der Waals surface area (Å²) >= 11 is 0. The molecule has 1 saturated heterocycles. The Kier molecular flexibility index (Phi) is 6.29. The van der Waals surface area contributed by atoms with Crippen LogP contribution in [0.4, 0.5) is 21.8 Å². The van der Waals surface area contributed by atoms with Crippen LogP contribution in [0, 0.1) is 5.82 Å². The van der Waals surface area contributed by atoms with Crippen molar-refractivity contribution in [3.05, 3.63) is 66.6 Å². The van der Waals surface area contributed by atoms with Crippen LogP contribution in [0.1, 0.15) is 6.42 Å². The molecule has 150 valence electrons. The van der Waals surface area contributed by atoms with E-state index in [-0.39, 0.29) is 5.82 Å². The molecular weight excluding hydrogens is 367 g/mol. The van der Waals surface area contributed by atoms with E-state index in [2.05, 4.69) is 30.8 Å². The molecule has 0 atom stereocenters. The normalized spacial score (nSPS) is 14.1. The number of hydrogen-bond donors (Lipinski definition) is 3. The van der Waals surface area contributed by atoms with Crippen molar-refractivity contribution in [2.45, 2.75) is 6.42 Å². The van der Waals surface area contributed by atoms with E-state index in [9.17, 15) is 4.39 Å². The highest BCUT2D eigenvalue weighted by atomic mass is 19.1. The Morgan fingerprint density at radius 3 is 2.76 bits per heavy atom. The minimum absolute atomic E-state index is 0.246. The highest BCUT2D eigenvalue weighted by molar-refractivity contribution is 5.69. The van der Waals surface area contributed by atoms with Crippen LogP contribution in [0.15, 0.2) is 60.8 Å². The van der Waals surface area contributed by atoms with E-state index in [0.717, 1.165) is 61.9 Å². The number of halogens is 1. The number of rotatable bonds is 8. The van der Waals surface area contributed by atoms with Crippen molar-refractivity contribution >= 4 is 17.5 Å². The van der Waals surface area contributed by atoms with Gasteiger partial charge in [0.15, 0.2) is 0 Å². The Balaban J connectivity index is 1.35. The van der Waals surface area contributed by atoms with E-state index in [1.807, 2.05) is 36.4 Å². The third-order valence-electron chi connectivity index (χ3n) is 4.83. The van der Waals surface area contributed by atoms with Gasteiger partial charge in [-0.3, -0.25) is 4.90 Å². The molecule has 1 aromatic heterocycles. The monoisotopic (exact) mass is 392 g/mol. The fourth-order valence-electron chi connectivity index (χ4n) is 3.35. The van der Waals surface area contributed by atoms with Gasteiger partial charge in [-0.15, -0.1) is 0 Å². The van der Waals surface area contributed by atoms with Gasteiger partial charge in [0, 0.05) is 44.7 Å². The molecule has 2 aromatic carbocycles. The van der Waals surface area contributed by atoms with Crippen LogP contribution < -0.4 is 16.0 Å². The number of aromatic nitrogens is 2. The zero-order valence-electron chi connectivity index (χ0n) is 16.2. The first kappa shape index (κ1) is 19.3. The fourth-order valence-corrected chi connectivity index (χ4v) is 3.35. The second-order valence-electron chi connectivity index (χ2n) is 7.04. The van der Waals surface area contributed by atoms with Crippen LogP contribution in [0.5, 0.6) is 0 Å². The van der Waals surface area contributed by atoms with Crippen LogP contribution in [0.25, 0.3) is 11.1 Å². The van der Waals surface area contributed by atoms with Gasteiger partial charge in [0.25, 0.3) is 0 Å². The number of nitrogens with one attached hydrogen (secondary N) is 3. The summed E-state index contributed by atoms with van der Waals surface area (Å²) in [5.41, 5.74) is 2.61. The van der Waals surface area contributed by atoms with Gasteiger partial charge >= 0.3 is 0 Å². The van der Waals surface area contributed by atoms with E-state index in [0.29, 0.717) is 5.95 Å². The van der Waals surface area contributed by atoms with Crippen molar-refractivity contribution < 1.29 is 4.39 Å². The first-order chi connectivity index (χ1) is 14.3. The molecule has 6 nitrogen and oxygen atoms in total. The van der Waals surface area contributed by atoms with E-state index in [1.54, 1.807) is 12.3 Å². The second kappa shape index (κ2) is 9.45. The fraction of sp³-hybridized carbons (Fsp3) is 0.273. The third-order valence-corrected chi connectivity index (χ3v) is 4.83. The van der Waals surface area contributed by atoms with Crippen molar-refractivity contribution in [3.8, 4) is 11.1 Å².